The van der Waals surface area contributed by atoms with Crippen LogP contribution in [0.15, 0.2) is 47.7 Å². The lowest BCUT2D eigenvalue weighted by Crippen LogP contribution is -2.39. The van der Waals surface area contributed by atoms with E-state index in [1.807, 2.05) is 35.1 Å². The molecule has 0 unspecified atom stereocenters. The van der Waals surface area contributed by atoms with Crippen LogP contribution in [0.4, 0.5) is 0 Å². The van der Waals surface area contributed by atoms with Crippen LogP contribution in [-0.2, 0) is 13.0 Å². The summed E-state index contributed by atoms with van der Waals surface area (Å²) in [5.74, 6) is 0.830. The number of hydrogen-bond donors (Lipinski definition) is 2. The molecule has 0 radical (unpaired) electrons. The number of halogens is 1. The predicted molar refractivity (Wildman–Crippen MR) is 91.4 cm³/mol. The summed E-state index contributed by atoms with van der Waals surface area (Å²) in [4.78, 5) is 4.58. The summed E-state index contributed by atoms with van der Waals surface area (Å²) in [6.45, 7) is 5.21. The van der Waals surface area contributed by atoms with Crippen molar-refractivity contribution < 1.29 is 0 Å². The summed E-state index contributed by atoms with van der Waals surface area (Å²) in [7, 11) is 0. The maximum absolute atomic E-state index is 5.98. The van der Waals surface area contributed by atoms with Crippen LogP contribution in [0.5, 0.6) is 0 Å². The zero-order valence-electron chi connectivity index (χ0n) is 12.8. The highest BCUT2D eigenvalue weighted by atomic mass is 35.5. The first kappa shape index (κ1) is 16.4. The number of guanidine groups is 1. The minimum atomic E-state index is 0.720. The normalized spacial score (nSPS) is 11.5. The second kappa shape index (κ2) is 9.10. The van der Waals surface area contributed by atoms with Gasteiger partial charge in [0.2, 0.25) is 0 Å². The molecule has 0 amide bonds. The summed E-state index contributed by atoms with van der Waals surface area (Å²) < 4.78 is 1.89. The van der Waals surface area contributed by atoms with Crippen molar-refractivity contribution in [2.45, 2.75) is 19.9 Å². The van der Waals surface area contributed by atoms with Gasteiger partial charge in [0.15, 0.2) is 5.96 Å². The first-order valence-corrected chi connectivity index (χ1v) is 7.90. The molecule has 0 atom stereocenters. The quantitative estimate of drug-likeness (QED) is 0.608. The van der Waals surface area contributed by atoms with Crippen LogP contribution in [0.1, 0.15) is 12.5 Å². The van der Waals surface area contributed by atoms with Gasteiger partial charge in [0, 0.05) is 37.1 Å². The molecule has 5 nitrogen and oxygen atoms in total. The Hall–Kier alpha value is -2.01. The number of nitrogens with one attached hydrogen (secondary N) is 2. The van der Waals surface area contributed by atoms with Crippen molar-refractivity contribution in [3.05, 3.63) is 53.3 Å². The molecule has 0 fully saturated rings. The standard InChI is InChI=1S/C16H22ClN5/c1-2-18-16(20-10-12-22-11-4-8-21-22)19-9-7-14-5-3-6-15(17)13-14/h3-6,8,11,13H,2,7,9-10,12H2,1H3,(H2,18,19,20). The van der Waals surface area contributed by atoms with Crippen molar-refractivity contribution in [3.8, 4) is 0 Å². The Kier molecular flexibility index (Phi) is 6.77. The molecule has 0 bridgehead atoms. The summed E-state index contributed by atoms with van der Waals surface area (Å²) in [6.07, 6.45) is 4.60. The Balaban J connectivity index is 1.78. The Bertz CT molecular complexity index is 580. The molecule has 2 aromatic rings. The summed E-state index contributed by atoms with van der Waals surface area (Å²) >= 11 is 5.98. The molecule has 1 aromatic heterocycles. The van der Waals surface area contributed by atoms with Gasteiger partial charge in [0.25, 0.3) is 0 Å². The molecule has 1 heterocycles. The van der Waals surface area contributed by atoms with Gasteiger partial charge in [0.1, 0.15) is 0 Å². The topological polar surface area (TPSA) is 54.2 Å². The largest absolute Gasteiger partial charge is 0.357 e. The smallest absolute Gasteiger partial charge is 0.191 e. The SMILES string of the molecule is CCNC(=NCCc1cccc(Cl)c1)NCCn1cccn1. The van der Waals surface area contributed by atoms with Crippen LogP contribution in [-0.4, -0.2) is 35.4 Å². The van der Waals surface area contributed by atoms with E-state index in [1.165, 1.54) is 5.56 Å². The average molecular weight is 320 g/mol. The van der Waals surface area contributed by atoms with E-state index in [2.05, 4.69) is 33.7 Å². The first-order valence-electron chi connectivity index (χ1n) is 7.52. The predicted octanol–water partition coefficient (Wildman–Crippen LogP) is 2.33. The monoisotopic (exact) mass is 319 g/mol. The lowest BCUT2D eigenvalue weighted by Gasteiger charge is -2.11. The van der Waals surface area contributed by atoms with Gasteiger partial charge in [-0.05, 0) is 37.1 Å². The van der Waals surface area contributed by atoms with Crippen LogP contribution in [0.25, 0.3) is 0 Å². The number of aliphatic imine (C=N–C) groups is 1. The zero-order valence-corrected chi connectivity index (χ0v) is 13.6. The van der Waals surface area contributed by atoms with Gasteiger partial charge in [-0.25, -0.2) is 0 Å². The van der Waals surface area contributed by atoms with Crippen molar-refractivity contribution in [2.24, 2.45) is 4.99 Å². The third-order valence-corrected chi connectivity index (χ3v) is 3.33. The van der Waals surface area contributed by atoms with E-state index in [4.69, 9.17) is 11.6 Å². The van der Waals surface area contributed by atoms with Crippen molar-refractivity contribution in [2.75, 3.05) is 19.6 Å². The minimum absolute atomic E-state index is 0.720. The van der Waals surface area contributed by atoms with Crippen LogP contribution < -0.4 is 10.6 Å². The van der Waals surface area contributed by atoms with E-state index < -0.39 is 0 Å². The fourth-order valence-corrected chi connectivity index (χ4v) is 2.27. The molecular formula is C16H22ClN5. The second-order valence-electron chi connectivity index (χ2n) is 4.84. The highest BCUT2D eigenvalue weighted by Crippen LogP contribution is 2.10. The van der Waals surface area contributed by atoms with E-state index in [0.717, 1.165) is 43.6 Å². The molecule has 6 heteroatoms. The second-order valence-corrected chi connectivity index (χ2v) is 5.27. The van der Waals surface area contributed by atoms with E-state index in [9.17, 15) is 0 Å². The molecule has 0 aliphatic heterocycles. The van der Waals surface area contributed by atoms with Gasteiger partial charge in [-0.3, -0.25) is 9.67 Å². The summed E-state index contributed by atoms with van der Waals surface area (Å²) in [5.41, 5.74) is 1.20. The van der Waals surface area contributed by atoms with Crippen molar-refractivity contribution in [3.63, 3.8) is 0 Å². The first-order chi connectivity index (χ1) is 10.8. The molecule has 2 rings (SSSR count). The molecular weight excluding hydrogens is 298 g/mol. The Morgan fingerprint density at radius 2 is 2.23 bits per heavy atom. The maximum atomic E-state index is 5.98. The number of benzene rings is 1. The number of aromatic nitrogens is 2. The van der Waals surface area contributed by atoms with E-state index in [-0.39, 0.29) is 0 Å². The van der Waals surface area contributed by atoms with Gasteiger partial charge in [0.05, 0.1) is 6.54 Å². The Morgan fingerprint density at radius 3 is 2.95 bits per heavy atom. The van der Waals surface area contributed by atoms with Crippen molar-refractivity contribution in [1.29, 1.82) is 0 Å². The van der Waals surface area contributed by atoms with Gasteiger partial charge in [-0.15, -0.1) is 0 Å². The lowest BCUT2D eigenvalue weighted by molar-refractivity contribution is 0.598. The fourth-order valence-electron chi connectivity index (χ4n) is 2.05. The van der Waals surface area contributed by atoms with Crippen LogP contribution in [0.3, 0.4) is 0 Å². The molecule has 0 saturated heterocycles. The van der Waals surface area contributed by atoms with Crippen LogP contribution in [0.2, 0.25) is 5.02 Å². The van der Waals surface area contributed by atoms with Crippen molar-refractivity contribution >= 4 is 17.6 Å². The Labute approximate surface area is 136 Å². The maximum Gasteiger partial charge on any atom is 0.191 e. The molecule has 118 valence electrons. The number of nitrogens with zero attached hydrogens (tertiary/aromatic N) is 3. The molecule has 1 aromatic carbocycles. The van der Waals surface area contributed by atoms with Crippen molar-refractivity contribution in [1.82, 2.24) is 20.4 Å². The van der Waals surface area contributed by atoms with Crippen LogP contribution in [0, 0.1) is 0 Å². The van der Waals surface area contributed by atoms with E-state index >= 15 is 0 Å². The highest BCUT2D eigenvalue weighted by Gasteiger charge is 1.98. The van der Waals surface area contributed by atoms with Gasteiger partial charge in [-0.2, -0.15) is 5.10 Å². The van der Waals surface area contributed by atoms with E-state index in [1.54, 1.807) is 6.20 Å². The molecule has 0 aliphatic carbocycles. The van der Waals surface area contributed by atoms with Gasteiger partial charge < -0.3 is 10.6 Å². The Morgan fingerprint density at radius 1 is 1.32 bits per heavy atom. The molecule has 22 heavy (non-hydrogen) atoms. The van der Waals surface area contributed by atoms with Gasteiger partial charge >= 0.3 is 0 Å². The zero-order chi connectivity index (χ0) is 15.6. The average Bonchev–Trinajstić information content (AvgIpc) is 3.01. The van der Waals surface area contributed by atoms with Crippen LogP contribution >= 0.6 is 11.6 Å². The highest BCUT2D eigenvalue weighted by molar-refractivity contribution is 6.30. The number of hydrogen-bond acceptors (Lipinski definition) is 2. The third kappa shape index (κ3) is 5.77. The lowest BCUT2D eigenvalue weighted by atomic mass is 10.1. The summed E-state index contributed by atoms with van der Waals surface area (Å²) in [6, 6.07) is 9.82. The summed E-state index contributed by atoms with van der Waals surface area (Å²) in [5, 5.41) is 11.5. The molecule has 0 aliphatic rings. The minimum Gasteiger partial charge on any atom is -0.357 e. The van der Waals surface area contributed by atoms with E-state index in [0.29, 0.717) is 0 Å². The molecule has 2 N–H and O–H groups in total. The fraction of sp³-hybridized carbons (Fsp3) is 0.375. The molecule has 0 spiro atoms. The molecule has 0 saturated carbocycles. The van der Waals surface area contributed by atoms with Gasteiger partial charge in [-0.1, -0.05) is 23.7 Å². The number of rotatable bonds is 7. The third-order valence-electron chi connectivity index (χ3n) is 3.10.